The van der Waals surface area contributed by atoms with Gasteiger partial charge < -0.3 is 0 Å². The molecule has 1 aliphatic carbocycles. The van der Waals surface area contributed by atoms with Crippen LogP contribution in [0.2, 0.25) is 0 Å². The van der Waals surface area contributed by atoms with Crippen LogP contribution in [0.1, 0.15) is 25.7 Å². The number of aliphatic imine (C=N–C) groups is 1. The lowest BCUT2D eigenvalue weighted by Crippen LogP contribution is -2.03. The summed E-state index contributed by atoms with van der Waals surface area (Å²) < 4.78 is 0. The van der Waals surface area contributed by atoms with Crippen molar-refractivity contribution >= 4 is 16.4 Å². The molecule has 0 N–H and O–H groups in total. The molecular weight excluding hydrogens is 142 g/mol. The van der Waals surface area contributed by atoms with E-state index in [1.165, 1.54) is 31.4 Å². The SMILES string of the molecule is [C]1=NCC[SH]1C1CCCC1. The summed E-state index contributed by atoms with van der Waals surface area (Å²) in [6.45, 7) is 1.07. The number of hydrogen-bond donors (Lipinski definition) is 1. The zero-order valence-corrected chi connectivity index (χ0v) is 7.11. The fourth-order valence-electron chi connectivity index (χ4n) is 1.83. The Balaban J connectivity index is 1.91. The Labute approximate surface area is 65.3 Å². The van der Waals surface area contributed by atoms with Crippen LogP contribution in [0.25, 0.3) is 0 Å². The maximum Gasteiger partial charge on any atom is 0.101 e. The van der Waals surface area contributed by atoms with Crippen LogP contribution in [0.15, 0.2) is 4.99 Å². The van der Waals surface area contributed by atoms with E-state index in [1.54, 1.807) is 0 Å². The van der Waals surface area contributed by atoms with E-state index < -0.39 is 0 Å². The van der Waals surface area contributed by atoms with Gasteiger partial charge in [-0.3, -0.25) is 4.99 Å². The van der Waals surface area contributed by atoms with Crippen LogP contribution in [-0.2, 0) is 0 Å². The molecule has 0 aromatic rings. The molecule has 1 atom stereocenters. The minimum Gasteiger partial charge on any atom is -0.277 e. The van der Waals surface area contributed by atoms with Gasteiger partial charge in [-0.1, -0.05) is 12.8 Å². The molecule has 2 rings (SSSR count). The lowest BCUT2D eigenvalue weighted by molar-refractivity contribution is 0.886. The van der Waals surface area contributed by atoms with Crippen molar-refractivity contribution in [2.75, 3.05) is 12.3 Å². The Hall–Kier alpha value is 0.0200. The van der Waals surface area contributed by atoms with Gasteiger partial charge in [0.2, 0.25) is 0 Å². The predicted molar refractivity (Wildman–Crippen MR) is 48.4 cm³/mol. The van der Waals surface area contributed by atoms with Crippen molar-refractivity contribution in [1.82, 2.24) is 0 Å². The second kappa shape index (κ2) is 2.95. The number of nitrogens with zero attached hydrogens (tertiary/aromatic N) is 1. The minimum absolute atomic E-state index is 0.137. The highest BCUT2D eigenvalue weighted by molar-refractivity contribution is 8.29. The summed E-state index contributed by atoms with van der Waals surface area (Å²) in [5, 5.41) is 1.02. The third kappa shape index (κ3) is 1.22. The van der Waals surface area contributed by atoms with Gasteiger partial charge >= 0.3 is 0 Å². The zero-order valence-electron chi connectivity index (χ0n) is 6.21. The van der Waals surface area contributed by atoms with E-state index in [1.807, 2.05) is 0 Å². The van der Waals surface area contributed by atoms with Crippen LogP contribution in [-0.4, -0.2) is 23.1 Å². The zero-order chi connectivity index (χ0) is 6.81. The third-order valence-corrected chi connectivity index (χ3v) is 4.90. The molecule has 10 heavy (non-hydrogen) atoms. The topological polar surface area (TPSA) is 12.4 Å². The quantitative estimate of drug-likeness (QED) is 0.556. The van der Waals surface area contributed by atoms with Gasteiger partial charge in [0.1, 0.15) is 5.55 Å². The van der Waals surface area contributed by atoms with Gasteiger partial charge in [0.05, 0.1) is 0 Å². The van der Waals surface area contributed by atoms with Crippen molar-refractivity contribution in [3.8, 4) is 0 Å². The molecule has 0 aromatic heterocycles. The first-order chi connectivity index (χ1) is 4.97. The van der Waals surface area contributed by atoms with Crippen LogP contribution in [0, 0.1) is 0 Å². The lowest BCUT2D eigenvalue weighted by Gasteiger charge is -2.17. The molecule has 1 fully saturated rings. The molecule has 2 heteroatoms. The second-order valence-corrected chi connectivity index (χ2v) is 5.43. The van der Waals surface area contributed by atoms with Gasteiger partial charge in [-0.15, -0.1) is 0 Å². The lowest BCUT2D eigenvalue weighted by atomic mass is 10.4. The Bertz CT molecular complexity index is 138. The Morgan fingerprint density at radius 2 is 2.10 bits per heavy atom. The molecule has 0 aromatic carbocycles. The first-order valence-corrected chi connectivity index (χ1v) is 5.75. The second-order valence-electron chi connectivity index (χ2n) is 3.11. The van der Waals surface area contributed by atoms with Gasteiger partial charge in [-0.2, -0.15) is 0 Å². The van der Waals surface area contributed by atoms with Crippen molar-refractivity contribution < 1.29 is 0 Å². The highest BCUT2D eigenvalue weighted by Crippen LogP contribution is 2.41. The average Bonchev–Trinajstić information content (AvgIpc) is 2.59. The van der Waals surface area contributed by atoms with Gasteiger partial charge in [0, 0.05) is 6.54 Å². The summed E-state index contributed by atoms with van der Waals surface area (Å²) in [4.78, 5) is 4.19. The van der Waals surface area contributed by atoms with Gasteiger partial charge in [0.15, 0.2) is 0 Å². The highest BCUT2D eigenvalue weighted by Gasteiger charge is 2.22. The van der Waals surface area contributed by atoms with E-state index in [-0.39, 0.29) is 10.9 Å². The van der Waals surface area contributed by atoms with Crippen LogP contribution in [0.3, 0.4) is 0 Å². The maximum absolute atomic E-state index is 4.19. The van der Waals surface area contributed by atoms with E-state index in [9.17, 15) is 0 Å². The summed E-state index contributed by atoms with van der Waals surface area (Å²) >= 11 is 0. The Kier molecular flexibility index (Phi) is 1.98. The van der Waals surface area contributed by atoms with Crippen LogP contribution < -0.4 is 0 Å². The fraction of sp³-hybridized carbons (Fsp3) is 0.875. The Morgan fingerprint density at radius 1 is 1.30 bits per heavy atom. The van der Waals surface area contributed by atoms with Gasteiger partial charge in [-0.05, 0) is 23.8 Å². The average molecular weight is 156 g/mol. The molecule has 0 amide bonds. The maximum atomic E-state index is 4.19. The molecule has 0 spiro atoms. The minimum atomic E-state index is 0.137. The van der Waals surface area contributed by atoms with E-state index in [0.717, 1.165) is 11.8 Å². The monoisotopic (exact) mass is 156 g/mol. The summed E-state index contributed by atoms with van der Waals surface area (Å²) in [6, 6.07) is 0. The molecule has 2 aliphatic rings. The van der Waals surface area contributed by atoms with Crippen LogP contribution in [0.5, 0.6) is 0 Å². The van der Waals surface area contributed by atoms with Gasteiger partial charge in [-0.25, -0.2) is 10.9 Å². The molecule has 0 bridgehead atoms. The van der Waals surface area contributed by atoms with E-state index in [2.05, 4.69) is 10.5 Å². The van der Waals surface area contributed by atoms with E-state index in [0.29, 0.717) is 0 Å². The first kappa shape index (κ1) is 6.71. The molecule has 1 saturated carbocycles. The van der Waals surface area contributed by atoms with Crippen molar-refractivity contribution in [2.24, 2.45) is 4.99 Å². The standard InChI is InChI=1S/C8H14NS/c1-2-4-8(3-1)10-6-5-9-7-10/h8,10H,1-6H2. The first-order valence-electron chi connectivity index (χ1n) is 4.15. The normalized spacial score (nSPS) is 37.4. The number of rotatable bonds is 1. The molecular formula is C8H14NS. The number of thiol groups is 1. The van der Waals surface area contributed by atoms with E-state index >= 15 is 0 Å². The summed E-state index contributed by atoms with van der Waals surface area (Å²) in [5.74, 6) is 1.35. The molecule has 1 radical (unpaired) electrons. The van der Waals surface area contributed by atoms with E-state index in [4.69, 9.17) is 0 Å². The van der Waals surface area contributed by atoms with Crippen molar-refractivity contribution in [2.45, 2.75) is 30.9 Å². The van der Waals surface area contributed by atoms with Gasteiger partial charge in [0.25, 0.3) is 0 Å². The molecule has 1 nitrogen and oxygen atoms in total. The van der Waals surface area contributed by atoms with Crippen molar-refractivity contribution in [3.05, 3.63) is 0 Å². The molecule has 1 unspecified atom stereocenters. The summed E-state index contributed by atoms with van der Waals surface area (Å²) in [7, 11) is 0.137. The summed E-state index contributed by atoms with van der Waals surface area (Å²) in [5.41, 5.74) is 3.29. The number of hydrogen-bond acceptors (Lipinski definition) is 1. The van der Waals surface area contributed by atoms with Crippen LogP contribution in [0.4, 0.5) is 0 Å². The largest absolute Gasteiger partial charge is 0.277 e. The fourth-order valence-corrected chi connectivity index (χ4v) is 4.04. The van der Waals surface area contributed by atoms with Crippen molar-refractivity contribution in [3.63, 3.8) is 0 Å². The molecule has 0 saturated heterocycles. The third-order valence-electron chi connectivity index (χ3n) is 2.42. The predicted octanol–water partition coefficient (Wildman–Crippen LogP) is 1.85. The molecule has 1 aliphatic heterocycles. The highest BCUT2D eigenvalue weighted by atomic mass is 32.2. The molecule has 57 valence electrons. The summed E-state index contributed by atoms with van der Waals surface area (Å²) in [6.07, 6.45) is 5.86. The van der Waals surface area contributed by atoms with Crippen LogP contribution >= 0.6 is 10.9 Å². The Morgan fingerprint density at radius 3 is 2.70 bits per heavy atom. The van der Waals surface area contributed by atoms with Crippen molar-refractivity contribution in [1.29, 1.82) is 0 Å². The molecule has 1 heterocycles. The smallest absolute Gasteiger partial charge is 0.101 e.